The van der Waals surface area contributed by atoms with E-state index in [1.54, 1.807) is 12.1 Å². The number of benzene rings is 1. The van der Waals surface area contributed by atoms with Crippen molar-refractivity contribution in [2.24, 2.45) is 5.73 Å². The number of aliphatic carboxylic acids is 1. The first-order valence-electron chi connectivity index (χ1n) is 5.09. The second kappa shape index (κ2) is 6.53. The molecule has 1 aromatic rings. The van der Waals surface area contributed by atoms with Crippen LogP contribution in [0.3, 0.4) is 0 Å². The summed E-state index contributed by atoms with van der Waals surface area (Å²) in [6.07, 6.45) is -0.493. The number of hydrogen-bond donors (Lipinski definition) is 3. The third-order valence-corrected chi connectivity index (χ3v) is 3.50. The summed E-state index contributed by atoms with van der Waals surface area (Å²) in [6.45, 7) is 0. The number of hydrogen-bond acceptors (Lipinski definition) is 3. The fraction of sp³-hybridized carbons (Fsp3) is 0.182. The third kappa shape index (κ3) is 4.22. The number of primary amides is 1. The summed E-state index contributed by atoms with van der Waals surface area (Å²) >= 11 is 9.06. The minimum absolute atomic E-state index is 0.103. The molecule has 0 fully saturated rings. The van der Waals surface area contributed by atoms with Crippen LogP contribution >= 0.6 is 27.5 Å². The van der Waals surface area contributed by atoms with E-state index in [4.69, 9.17) is 22.4 Å². The van der Waals surface area contributed by atoms with Gasteiger partial charge in [0.05, 0.1) is 17.0 Å². The highest BCUT2D eigenvalue weighted by atomic mass is 79.9. The summed E-state index contributed by atoms with van der Waals surface area (Å²) < 4.78 is 0.503. The van der Waals surface area contributed by atoms with Gasteiger partial charge >= 0.3 is 5.97 Å². The maximum atomic E-state index is 11.9. The highest BCUT2D eigenvalue weighted by Crippen LogP contribution is 2.25. The van der Waals surface area contributed by atoms with Crippen molar-refractivity contribution < 1.29 is 19.5 Å². The van der Waals surface area contributed by atoms with E-state index in [1.807, 2.05) is 0 Å². The summed E-state index contributed by atoms with van der Waals surface area (Å²) in [5.74, 6) is -2.87. The predicted molar refractivity (Wildman–Crippen MR) is 71.9 cm³/mol. The molecule has 0 unspecified atom stereocenters. The molecule has 0 aliphatic carbocycles. The Labute approximate surface area is 122 Å². The SMILES string of the molecule is NC(=O)C[C@H](NC(=O)c1cccc(Br)c1Cl)C(=O)O. The van der Waals surface area contributed by atoms with Gasteiger partial charge < -0.3 is 16.2 Å². The Kier molecular flexibility index (Phi) is 5.31. The minimum Gasteiger partial charge on any atom is -0.480 e. The highest BCUT2D eigenvalue weighted by molar-refractivity contribution is 9.10. The van der Waals surface area contributed by atoms with Crippen LogP contribution < -0.4 is 11.1 Å². The van der Waals surface area contributed by atoms with Gasteiger partial charge in [-0.3, -0.25) is 9.59 Å². The van der Waals surface area contributed by atoms with Crippen LogP contribution in [0, 0.1) is 0 Å². The van der Waals surface area contributed by atoms with E-state index in [0.717, 1.165) is 0 Å². The quantitative estimate of drug-likeness (QED) is 0.741. The number of carboxylic acids is 1. The summed E-state index contributed by atoms with van der Waals surface area (Å²) in [6, 6.07) is 3.26. The van der Waals surface area contributed by atoms with Crippen LogP contribution in [-0.2, 0) is 9.59 Å². The number of rotatable bonds is 5. The molecule has 1 aromatic carbocycles. The van der Waals surface area contributed by atoms with E-state index in [0.29, 0.717) is 4.47 Å². The first-order valence-corrected chi connectivity index (χ1v) is 6.26. The first kappa shape index (κ1) is 15.5. The van der Waals surface area contributed by atoms with Crippen molar-refractivity contribution >= 4 is 45.3 Å². The van der Waals surface area contributed by atoms with Gasteiger partial charge in [-0.2, -0.15) is 0 Å². The van der Waals surface area contributed by atoms with Crippen molar-refractivity contribution in [3.8, 4) is 0 Å². The topological polar surface area (TPSA) is 109 Å². The van der Waals surface area contributed by atoms with Crippen LogP contribution in [0.4, 0.5) is 0 Å². The van der Waals surface area contributed by atoms with Gasteiger partial charge in [0.2, 0.25) is 5.91 Å². The molecule has 0 aliphatic rings. The zero-order valence-electron chi connectivity index (χ0n) is 9.52. The Morgan fingerprint density at radius 3 is 2.58 bits per heavy atom. The van der Waals surface area contributed by atoms with Gasteiger partial charge in [-0.1, -0.05) is 17.7 Å². The molecule has 1 atom stereocenters. The Morgan fingerprint density at radius 1 is 1.42 bits per heavy atom. The lowest BCUT2D eigenvalue weighted by molar-refractivity contribution is -0.140. The molecule has 4 N–H and O–H groups in total. The molecule has 19 heavy (non-hydrogen) atoms. The van der Waals surface area contributed by atoms with Gasteiger partial charge in [0.1, 0.15) is 6.04 Å². The van der Waals surface area contributed by atoms with Gasteiger partial charge in [0.15, 0.2) is 0 Å². The largest absolute Gasteiger partial charge is 0.480 e. The van der Waals surface area contributed by atoms with Crippen molar-refractivity contribution in [1.82, 2.24) is 5.32 Å². The van der Waals surface area contributed by atoms with Gasteiger partial charge in [-0.15, -0.1) is 0 Å². The van der Waals surface area contributed by atoms with Gasteiger partial charge in [-0.25, -0.2) is 4.79 Å². The molecule has 6 nitrogen and oxygen atoms in total. The first-order chi connectivity index (χ1) is 8.82. The fourth-order valence-corrected chi connectivity index (χ4v) is 1.89. The van der Waals surface area contributed by atoms with Crippen LogP contribution in [0.15, 0.2) is 22.7 Å². The van der Waals surface area contributed by atoms with Gasteiger partial charge in [-0.05, 0) is 28.1 Å². The molecular formula is C11H10BrClN2O4. The van der Waals surface area contributed by atoms with E-state index in [9.17, 15) is 14.4 Å². The number of halogens is 2. The van der Waals surface area contributed by atoms with Gasteiger partial charge in [0.25, 0.3) is 5.91 Å². The summed E-state index contributed by atoms with van der Waals surface area (Å²) in [5, 5.41) is 11.2. The Bertz CT molecular complexity index is 535. The molecule has 0 saturated carbocycles. The van der Waals surface area contributed by atoms with Crippen LogP contribution in [0.2, 0.25) is 5.02 Å². The van der Waals surface area contributed by atoms with E-state index < -0.39 is 30.2 Å². The van der Waals surface area contributed by atoms with E-state index in [1.165, 1.54) is 6.07 Å². The number of carbonyl (C=O) groups excluding carboxylic acids is 2. The second-order valence-corrected chi connectivity index (χ2v) is 4.87. The van der Waals surface area contributed by atoms with Crippen molar-refractivity contribution in [2.45, 2.75) is 12.5 Å². The standard InChI is InChI=1S/C11H10BrClN2O4/c12-6-3-1-2-5(9(6)13)10(17)15-7(11(18)19)4-8(14)16/h1-3,7H,4H2,(H2,14,16)(H,15,17)(H,18,19)/t7-/m0/s1. The number of nitrogens with one attached hydrogen (secondary N) is 1. The molecule has 0 aliphatic heterocycles. The molecule has 0 saturated heterocycles. The van der Waals surface area contributed by atoms with E-state index in [2.05, 4.69) is 21.2 Å². The number of carbonyl (C=O) groups is 3. The Morgan fingerprint density at radius 2 is 2.05 bits per heavy atom. The molecule has 102 valence electrons. The minimum atomic E-state index is -1.39. The zero-order chi connectivity index (χ0) is 14.6. The lowest BCUT2D eigenvalue weighted by atomic mass is 10.1. The Balaban J connectivity index is 2.91. The fourth-order valence-electron chi connectivity index (χ4n) is 1.32. The van der Waals surface area contributed by atoms with Crippen LogP contribution in [-0.4, -0.2) is 28.9 Å². The smallest absolute Gasteiger partial charge is 0.326 e. The van der Waals surface area contributed by atoms with Crippen molar-refractivity contribution in [3.63, 3.8) is 0 Å². The average Bonchev–Trinajstić information content (AvgIpc) is 2.31. The van der Waals surface area contributed by atoms with E-state index in [-0.39, 0.29) is 10.6 Å². The van der Waals surface area contributed by atoms with Crippen LogP contribution in [0.1, 0.15) is 16.8 Å². The van der Waals surface area contributed by atoms with Crippen LogP contribution in [0.25, 0.3) is 0 Å². The summed E-state index contributed by atoms with van der Waals surface area (Å²) in [7, 11) is 0. The monoisotopic (exact) mass is 348 g/mol. The van der Waals surface area contributed by atoms with Crippen LogP contribution in [0.5, 0.6) is 0 Å². The molecule has 0 radical (unpaired) electrons. The molecular weight excluding hydrogens is 339 g/mol. The molecule has 0 bridgehead atoms. The lowest BCUT2D eigenvalue weighted by Gasteiger charge is -2.13. The normalized spacial score (nSPS) is 11.7. The third-order valence-electron chi connectivity index (χ3n) is 2.20. The maximum Gasteiger partial charge on any atom is 0.326 e. The predicted octanol–water partition coefficient (Wildman–Crippen LogP) is 1.16. The molecule has 8 heteroatoms. The molecule has 2 amide bonds. The summed E-state index contributed by atoms with van der Waals surface area (Å²) in [5.41, 5.74) is 5.02. The summed E-state index contributed by atoms with van der Waals surface area (Å²) in [4.78, 5) is 33.5. The number of carboxylic acid groups (broad SMARTS) is 1. The van der Waals surface area contributed by atoms with Gasteiger partial charge in [0, 0.05) is 4.47 Å². The van der Waals surface area contributed by atoms with Crippen molar-refractivity contribution in [3.05, 3.63) is 33.3 Å². The lowest BCUT2D eigenvalue weighted by Crippen LogP contribution is -2.43. The highest BCUT2D eigenvalue weighted by Gasteiger charge is 2.23. The average molecular weight is 350 g/mol. The number of amides is 2. The number of nitrogens with two attached hydrogens (primary N) is 1. The maximum absolute atomic E-state index is 11.9. The van der Waals surface area contributed by atoms with E-state index >= 15 is 0 Å². The second-order valence-electron chi connectivity index (χ2n) is 3.64. The van der Waals surface area contributed by atoms with Crippen molar-refractivity contribution in [2.75, 3.05) is 0 Å². The van der Waals surface area contributed by atoms with Crippen molar-refractivity contribution in [1.29, 1.82) is 0 Å². The Hall–Kier alpha value is -1.60. The molecule has 0 heterocycles. The zero-order valence-corrected chi connectivity index (χ0v) is 11.9. The molecule has 0 spiro atoms. The molecule has 0 aromatic heterocycles. The molecule has 1 rings (SSSR count).